The number of fused-ring (bicyclic) bond motifs is 1. The minimum Gasteiger partial charge on any atom is -0.326 e. The van der Waals surface area contributed by atoms with E-state index in [0.29, 0.717) is 18.0 Å². The lowest BCUT2D eigenvalue weighted by atomic mass is 9.92. The van der Waals surface area contributed by atoms with Gasteiger partial charge in [-0.05, 0) is 56.0 Å². The van der Waals surface area contributed by atoms with E-state index in [9.17, 15) is 9.59 Å². The van der Waals surface area contributed by atoms with Gasteiger partial charge in [0.1, 0.15) is 5.65 Å². The van der Waals surface area contributed by atoms with Crippen molar-refractivity contribution < 1.29 is 4.79 Å². The van der Waals surface area contributed by atoms with Crippen LogP contribution in [0.4, 0.5) is 17.3 Å². The van der Waals surface area contributed by atoms with Crippen molar-refractivity contribution in [3.63, 3.8) is 0 Å². The fourth-order valence-corrected chi connectivity index (χ4v) is 3.28. The molecule has 3 rings (SSSR count). The Morgan fingerprint density at radius 1 is 1.13 bits per heavy atom. The Morgan fingerprint density at radius 3 is 2.37 bits per heavy atom. The van der Waals surface area contributed by atoms with Crippen LogP contribution in [0.1, 0.15) is 52.6 Å². The fraction of sp³-hybridized carbons (Fsp3) is 0.391. The third-order valence-corrected chi connectivity index (χ3v) is 4.63. The number of carbonyl (C=O) groups is 1. The van der Waals surface area contributed by atoms with Gasteiger partial charge in [0.25, 0.3) is 5.56 Å². The SMILES string of the molecule is Cc1cc(=O)n(C(C)C)c2nc(Nc3ccc(NC(=O)CC(C)(C)C)cc3)ncc12. The number of amides is 1. The van der Waals surface area contributed by atoms with E-state index in [1.807, 2.05) is 65.8 Å². The number of hydrogen-bond acceptors (Lipinski definition) is 5. The van der Waals surface area contributed by atoms with Crippen LogP contribution in [0.3, 0.4) is 0 Å². The summed E-state index contributed by atoms with van der Waals surface area (Å²) in [7, 11) is 0. The van der Waals surface area contributed by atoms with Gasteiger partial charge in [-0.1, -0.05) is 20.8 Å². The number of anilines is 3. The van der Waals surface area contributed by atoms with E-state index in [0.717, 1.165) is 22.3 Å². The van der Waals surface area contributed by atoms with Crippen LogP contribution in [0.5, 0.6) is 0 Å². The van der Waals surface area contributed by atoms with Crippen LogP contribution in [0.15, 0.2) is 41.3 Å². The molecule has 3 aromatic rings. The molecule has 2 aromatic heterocycles. The molecule has 0 aliphatic heterocycles. The number of rotatable bonds is 5. The zero-order chi connectivity index (χ0) is 22.1. The molecule has 0 aliphatic rings. The van der Waals surface area contributed by atoms with E-state index in [2.05, 4.69) is 20.6 Å². The van der Waals surface area contributed by atoms with Gasteiger partial charge >= 0.3 is 0 Å². The molecule has 0 bridgehead atoms. The first-order chi connectivity index (χ1) is 14.0. The molecule has 1 aromatic carbocycles. The Hall–Kier alpha value is -3.22. The van der Waals surface area contributed by atoms with E-state index < -0.39 is 0 Å². The number of nitrogens with one attached hydrogen (secondary N) is 2. The van der Waals surface area contributed by atoms with Crippen molar-refractivity contribution in [2.24, 2.45) is 5.41 Å². The molecule has 0 aliphatic carbocycles. The predicted molar refractivity (Wildman–Crippen MR) is 121 cm³/mol. The maximum atomic E-state index is 12.4. The van der Waals surface area contributed by atoms with Gasteiger partial charge in [0.05, 0.1) is 0 Å². The van der Waals surface area contributed by atoms with E-state index in [1.54, 1.807) is 16.8 Å². The Bertz CT molecular complexity index is 1130. The average Bonchev–Trinajstić information content (AvgIpc) is 2.61. The zero-order valence-corrected chi connectivity index (χ0v) is 18.4. The molecule has 0 unspecified atom stereocenters. The molecule has 0 radical (unpaired) electrons. The maximum absolute atomic E-state index is 12.4. The van der Waals surface area contributed by atoms with Crippen LogP contribution in [0.25, 0.3) is 11.0 Å². The highest BCUT2D eigenvalue weighted by Crippen LogP contribution is 2.22. The summed E-state index contributed by atoms with van der Waals surface area (Å²) in [5, 5.41) is 6.93. The average molecular weight is 408 g/mol. The maximum Gasteiger partial charge on any atom is 0.252 e. The summed E-state index contributed by atoms with van der Waals surface area (Å²) in [6.07, 6.45) is 2.19. The molecule has 0 saturated carbocycles. The zero-order valence-electron chi connectivity index (χ0n) is 18.4. The lowest BCUT2D eigenvalue weighted by Gasteiger charge is -2.17. The van der Waals surface area contributed by atoms with Gasteiger partial charge in [0, 0.05) is 41.5 Å². The molecule has 0 saturated heterocycles. The normalized spacial score (nSPS) is 11.7. The van der Waals surface area contributed by atoms with Crippen molar-refractivity contribution in [3.8, 4) is 0 Å². The highest BCUT2D eigenvalue weighted by atomic mass is 16.1. The number of aromatic nitrogens is 3. The summed E-state index contributed by atoms with van der Waals surface area (Å²) < 4.78 is 1.67. The molecule has 30 heavy (non-hydrogen) atoms. The largest absolute Gasteiger partial charge is 0.326 e. The summed E-state index contributed by atoms with van der Waals surface area (Å²) in [6, 6.07) is 8.97. The second-order valence-corrected chi connectivity index (χ2v) is 9.05. The molecule has 158 valence electrons. The molecular weight excluding hydrogens is 378 g/mol. The standard InChI is InChI=1S/C23H29N5O2/c1-14(2)28-20(30)11-15(3)18-13-24-22(27-21(18)28)26-17-9-7-16(8-10-17)25-19(29)12-23(4,5)6/h7-11,13-14H,12H2,1-6H3,(H,25,29)(H,24,26,27). The molecule has 2 N–H and O–H groups in total. The summed E-state index contributed by atoms with van der Waals surface area (Å²) in [5.41, 5.74) is 2.85. The van der Waals surface area contributed by atoms with Gasteiger partial charge in [0.2, 0.25) is 11.9 Å². The molecule has 7 heteroatoms. The Balaban J connectivity index is 1.82. The third-order valence-electron chi connectivity index (χ3n) is 4.63. The molecule has 2 heterocycles. The molecular formula is C23H29N5O2. The highest BCUT2D eigenvalue weighted by molar-refractivity contribution is 5.91. The summed E-state index contributed by atoms with van der Waals surface area (Å²) in [6.45, 7) is 11.9. The van der Waals surface area contributed by atoms with Crippen molar-refractivity contribution in [2.45, 2.75) is 54.0 Å². The second-order valence-electron chi connectivity index (χ2n) is 9.05. The number of carbonyl (C=O) groups excluding carboxylic acids is 1. The minimum atomic E-state index is -0.0741. The fourth-order valence-electron chi connectivity index (χ4n) is 3.28. The highest BCUT2D eigenvalue weighted by Gasteiger charge is 2.16. The molecule has 0 spiro atoms. The number of nitrogens with zero attached hydrogens (tertiary/aromatic N) is 3. The van der Waals surface area contributed by atoms with Gasteiger partial charge < -0.3 is 10.6 Å². The van der Waals surface area contributed by atoms with E-state index in [1.165, 1.54) is 0 Å². The lowest BCUT2D eigenvalue weighted by Crippen LogP contribution is -2.23. The van der Waals surface area contributed by atoms with Crippen LogP contribution >= 0.6 is 0 Å². The van der Waals surface area contributed by atoms with Crippen molar-refractivity contribution in [1.82, 2.24) is 14.5 Å². The third kappa shape index (κ3) is 5.03. The first-order valence-corrected chi connectivity index (χ1v) is 10.1. The van der Waals surface area contributed by atoms with E-state index in [-0.39, 0.29) is 22.9 Å². The topological polar surface area (TPSA) is 88.9 Å². The van der Waals surface area contributed by atoms with Crippen LogP contribution in [-0.4, -0.2) is 20.4 Å². The Kier molecular flexibility index (Phi) is 5.92. The van der Waals surface area contributed by atoms with Crippen LogP contribution in [-0.2, 0) is 4.79 Å². The molecule has 0 atom stereocenters. The molecule has 1 amide bonds. The minimum absolute atomic E-state index is 0.0110. The van der Waals surface area contributed by atoms with Crippen molar-refractivity contribution in [3.05, 3.63) is 52.4 Å². The predicted octanol–water partition coefficient (Wildman–Crippen LogP) is 4.80. The van der Waals surface area contributed by atoms with Gasteiger partial charge in [-0.15, -0.1) is 0 Å². The summed E-state index contributed by atoms with van der Waals surface area (Å²) in [5.74, 6) is 0.398. The lowest BCUT2D eigenvalue weighted by molar-refractivity contribution is -0.117. The Morgan fingerprint density at radius 2 is 1.77 bits per heavy atom. The summed E-state index contributed by atoms with van der Waals surface area (Å²) >= 11 is 0. The smallest absolute Gasteiger partial charge is 0.252 e. The van der Waals surface area contributed by atoms with Gasteiger partial charge in [-0.2, -0.15) is 4.98 Å². The van der Waals surface area contributed by atoms with Crippen LogP contribution in [0, 0.1) is 12.3 Å². The van der Waals surface area contributed by atoms with E-state index in [4.69, 9.17) is 0 Å². The number of hydrogen-bond donors (Lipinski definition) is 2. The second kappa shape index (κ2) is 8.26. The summed E-state index contributed by atoms with van der Waals surface area (Å²) in [4.78, 5) is 33.5. The van der Waals surface area contributed by atoms with Gasteiger partial charge in [0.15, 0.2) is 0 Å². The monoisotopic (exact) mass is 407 g/mol. The quantitative estimate of drug-likeness (QED) is 0.634. The first kappa shape index (κ1) is 21.5. The van der Waals surface area contributed by atoms with Crippen molar-refractivity contribution in [2.75, 3.05) is 10.6 Å². The Labute approximate surface area is 176 Å². The van der Waals surface area contributed by atoms with Gasteiger partial charge in [-0.25, -0.2) is 4.98 Å². The first-order valence-electron chi connectivity index (χ1n) is 10.1. The number of pyridine rings is 1. The molecule has 7 nitrogen and oxygen atoms in total. The van der Waals surface area contributed by atoms with E-state index >= 15 is 0 Å². The van der Waals surface area contributed by atoms with Crippen LogP contribution < -0.4 is 16.2 Å². The van der Waals surface area contributed by atoms with Crippen LogP contribution in [0.2, 0.25) is 0 Å². The van der Waals surface area contributed by atoms with Crippen molar-refractivity contribution in [1.29, 1.82) is 0 Å². The van der Waals surface area contributed by atoms with Crippen molar-refractivity contribution >= 4 is 34.3 Å². The number of benzene rings is 1. The molecule has 0 fully saturated rings. The number of aryl methyl sites for hydroxylation is 1. The van der Waals surface area contributed by atoms with Gasteiger partial charge in [-0.3, -0.25) is 14.2 Å².